The summed E-state index contributed by atoms with van der Waals surface area (Å²) in [6.45, 7) is 0. The number of nitrogens with zero attached hydrogens (tertiary/aromatic N) is 2. The van der Waals surface area contributed by atoms with Gasteiger partial charge < -0.3 is 9.73 Å². The van der Waals surface area contributed by atoms with E-state index in [4.69, 9.17) is 16.0 Å². The van der Waals surface area contributed by atoms with Crippen molar-refractivity contribution < 1.29 is 9.21 Å². The van der Waals surface area contributed by atoms with Gasteiger partial charge in [-0.25, -0.2) is 4.98 Å². The molecule has 106 valence electrons. The molecule has 2 heterocycles. The van der Waals surface area contributed by atoms with E-state index in [1.807, 2.05) is 12.1 Å². The number of nitrogens with one attached hydrogen (secondary N) is 1. The number of aromatic nitrogens is 2. The number of fused-ring (bicyclic) bond motifs is 1. The lowest BCUT2D eigenvalue weighted by atomic mass is 10.2. The van der Waals surface area contributed by atoms with Crippen LogP contribution in [0.3, 0.4) is 0 Å². The summed E-state index contributed by atoms with van der Waals surface area (Å²) in [5.41, 5.74) is 2.81. The van der Waals surface area contributed by atoms with Gasteiger partial charge in [-0.2, -0.15) is 0 Å². The number of carbonyl (C=O) groups excluding carboxylic acids is 1. The fourth-order valence-electron chi connectivity index (χ4n) is 1.93. The van der Waals surface area contributed by atoms with E-state index in [1.165, 1.54) is 0 Å². The third-order valence-electron chi connectivity index (χ3n) is 2.90. The van der Waals surface area contributed by atoms with Crippen molar-refractivity contribution in [2.75, 3.05) is 11.2 Å². The number of hydrogen-bond donors (Lipinski definition) is 1. The van der Waals surface area contributed by atoms with E-state index in [0.717, 1.165) is 5.56 Å². The van der Waals surface area contributed by atoms with Gasteiger partial charge in [-0.15, -0.1) is 11.6 Å². The number of anilines is 1. The van der Waals surface area contributed by atoms with E-state index >= 15 is 0 Å². The van der Waals surface area contributed by atoms with Crippen LogP contribution in [-0.4, -0.2) is 21.8 Å². The predicted molar refractivity (Wildman–Crippen MR) is 81.2 cm³/mol. The van der Waals surface area contributed by atoms with Gasteiger partial charge in [-0.3, -0.25) is 9.78 Å². The molecule has 21 heavy (non-hydrogen) atoms. The van der Waals surface area contributed by atoms with E-state index < -0.39 is 0 Å². The number of benzene rings is 1. The average molecular weight is 302 g/mol. The summed E-state index contributed by atoms with van der Waals surface area (Å²) in [6, 6.07) is 9.01. The van der Waals surface area contributed by atoms with E-state index in [0.29, 0.717) is 28.6 Å². The van der Waals surface area contributed by atoms with Crippen molar-refractivity contribution in [3.63, 3.8) is 0 Å². The SMILES string of the molecule is O=C(CCCl)Nc1ccc2oc(-c3cccnc3)nc2c1. The van der Waals surface area contributed by atoms with Gasteiger partial charge in [-0.05, 0) is 30.3 Å². The van der Waals surface area contributed by atoms with E-state index in [2.05, 4.69) is 15.3 Å². The zero-order chi connectivity index (χ0) is 14.7. The minimum Gasteiger partial charge on any atom is -0.436 e. The zero-order valence-electron chi connectivity index (χ0n) is 11.0. The standard InChI is InChI=1S/C15H12ClN3O2/c16-6-5-14(20)18-11-3-4-13-12(8-11)19-15(21-13)10-2-1-7-17-9-10/h1-4,7-9H,5-6H2,(H,18,20). The fraction of sp³-hybridized carbons (Fsp3) is 0.133. The summed E-state index contributed by atoms with van der Waals surface area (Å²) >= 11 is 5.53. The number of pyridine rings is 1. The summed E-state index contributed by atoms with van der Waals surface area (Å²) in [7, 11) is 0. The second-order valence-corrected chi connectivity index (χ2v) is 4.81. The molecule has 1 N–H and O–H groups in total. The van der Waals surface area contributed by atoms with Crippen LogP contribution in [0.4, 0.5) is 5.69 Å². The summed E-state index contributed by atoms with van der Waals surface area (Å²) in [5.74, 6) is 0.672. The first-order valence-corrected chi connectivity index (χ1v) is 6.96. The van der Waals surface area contributed by atoms with Crippen LogP contribution in [0.1, 0.15) is 6.42 Å². The molecule has 0 unspecified atom stereocenters. The second kappa shape index (κ2) is 5.93. The molecule has 1 aromatic carbocycles. The molecule has 0 aliphatic rings. The third kappa shape index (κ3) is 3.03. The molecule has 3 rings (SSSR count). The van der Waals surface area contributed by atoms with Crippen LogP contribution in [-0.2, 0) is 4.79 Å². The number of hydrogen-bond acceptors (Lipinski definition) is 4. The Balaban J connectivity index is 1.90. The van der Waals surface area contributed by atoms with Crippen LogP contribution >= 0.6 is 11.6 Å². The van der Waals surface area contributed by atoms with Gasteiger partial charge in [0, 0.05) is 30.4 Å². The first-order chi connectivity index (χ1) is 10.3. The molecule has 5 nitrogen and oxygen atoms in total. The molecule has 0 radical (unpaired) electrons. The smallest absolute Gasteiger partial charge is 0.228 e. The molecule has 0 saturated heterocycles. The summed E-state index contributed by atoms with van der Waals surface area (Å²) in [5, 5.41) is 2.77. The van der Waals surface area contributed by atoms with Gasteiger partial charge in [0.25, 0.3) is 0 Å². The Kier molecular flexibility index (Phi) is 3.83. The van der Waals surface area contributed by atoms with Crippen molar-refractivity contribution in [2.24, 2.45) is 0 Å². The number of alkyl halides is 1. The first-order valence-electron chi connectivity index (χ1n) is 6.43. The van der Waals surface area contributed by atoms with Gasteiger partial charge in [0.1, 0.15) is 5.52 Å². The van der Waals surface area contributed by atoms with Crippen LogP contribution in [0.5, 0.6) is 0 Å². The number of oxazole rings is 1. The van der Waals surface area contributed by atoms with Crippen LogP contribution in [0.15, 0.2) is 47.1 Å². The van der Waals surface area contributed by atoms with Crippen LogP contribution in [0.2, 0.25) is 0 Å². The monoisotopic (exact) mass is 301 g/mol. The van der Waals surface area contributed by atoms with Gasteiger partial charge in [0.2, 0.25) is 11.8 Å². The topological polar surface area (TPSA) is 68.0 Å². The highest BCUT2D eigenvalue weighted by molar-refractivity contribution is 6.19. The Morgan fingerprint density at radius 3 is 3.00 bits per heavy atom. The molecule has 6 heteroatoms. The molecule has 3 aromatic rings. The number of halogens is 1. The number of rotatable bonds is 4. The molecular formula is C15H12ClN3O2. The Bertz CT molecular complexity index is 771. The zero-order valence-corrected chi connectivity index (χ0v) is 11.8. The highest BCUT2D eigenvalue weighted by Crippen LogP contribution is 2.25. The van der Waals surface area contributed by atoms with E-state index in [9.17, 15) is 4.79 Å². The van der Waals surface area contributed by atoms with Crippen LogP contribution < -0.4 is 5.32 Å². The number of amides is 1. The number of carbonyl (C=O) groups is 1. The van der Waals surface area contributed by atoms with Crippen molar-refractivity contribution in [2.45, 2.75) is 6.42 Å². The van der Waals surface area contributed by atoms with Gasteiger partial charge >= 0.3 is 0 Å². The lowest BCUT2D eigenvalue weighted by molar-refractivity contribution is -0.115. The lowest BCUT2D eigenvalue weighted by Gasteiger charge is -2.02. The summed E-state index contributed by atoms with van der Waals surface area (Å²) in [4.78, 5) is 20.0. The largest absolute Gasteiger partial charge is 0.436 e. The minimum atomic E-state index is -0.125. The van der Waals surface area contributed by atoms with Crippen molar-refractivity contribution >= 4 is 34.3 Å². The predicted octanol–water partition coefficient (Wildman–Crippen LogP) is 3.46. The van der Waals surface area contributed by atoms with Crippen molar-refractivity contribution in [3.05, 3.63) is 42.7 Å². The molecule has 0 atom stereocenters. The summed E-state index contributed by atoms with van der Waals surface area (Å²) < 4.78 is 5.68. The third-order valence-corrected chi connectivity index (χ3v) is 3.09. The molecule has 0 saturated carbocycles. The lowest BCUT2D eigenvalue weighted by Crippen LogP contribution is -2.11. The highest BCUT2D eigenvalue weighted by atomic mass is 35.5. The molecule has 0 fully saturated rings. The summed E-state index contributed by atoms with van der Waals surface area (Å²) in [6.07, 6.45) is 3.66. The Morgan fingerprint density at radius 1 is 1.33 bits per heavy atom. The Morgan fingerprint density at radius 2 is 2.24 bits per heavy atom. The van der Waals surface area contributed by atoms with Crippen LogP contribution in [0, 0.1) is 0 Å². The minimum absolute atomic E-state index is 0.125. The molecule has 2 aromatic heterocycles. The maximum absolute atomic E-state index is 11.5. The molecule has 0 spiro atoms. The highest BCUT2D eigenvalue weighted by Gasteiger charge is 2.09. The van der Waals surface area contributed by atoms with Gasteiger partial charge in [0.05, 0.1) is 5.56 Å². The van der Waals surface area contributed by atoms with E-state index in [-0.39, 0.29) is 12.3 Å². The Labute approximate surface area is 126 Å². The Hall–Kier alpha value is -2.40. The second-order valence-electron chi connectivity index (χ2n) is 4.43. The first kappa shape index (κ1) is 13.6. The molecule has 0 aliphatic carbocycles. The average Bonchev–Trinajstić information content (AvgIpc) is 2.91. The van der Waals surface area contributed by atoms with E-state index in [1.54, 1.807) is 30.6 Å². The molecule has 1 amide bonds. The van der Waals surface area contributed by atoms with Crippen molar-refractivity contribution in [1.82, 2.24) is 9.97 Å². The van der Waals surface area contributed by atoms with Crippen molar-refractivity contribution in [1.29, 1.82) is 0 Å². The van der Waals surface area contributed by atoms with Crippen molar-refractivity contribution in [3.8, 4) is 11.5 Å². The van der Waals surface area contributed by atoms with Gasteiger partial charge in [0.15, 0.2) is 5.58 Å². The molecule has 0 bridgehead atoms. The molecule has 0 aliphatic heterocycles. The molecular weight excluding hydrogens is 290 g/mol. The normalized spacial score (nSPS) is 10.7. The van der Waals surface area contributed by atoms with Crippen LogP contribution in [0.25, 0.3) is 22.6 Å². The maximum Gasteiger partial charge on any atom is 0.228 e. The quantitative estimate of drug-likeness (QED) is 0.749. The van der Waals surface area contributed by atoms with Gasteiger partial charge in [-0.1, -0.05) is 0 Å². The fourth-order valence-corrected chi connectivity index (χ4v) is 2.10. The maximum atomic E-state index is 11.5.